The van der Waals surface area contributed by atoms with E-state index in [1.165, 1.54) is 6.07 Å². The Morgan fingerprint density at radius 2 is 2.06 bits per heavy atom. The summed E-state index contributed by atoms with van der Waals surface area (Å²) >= 11 is 0. The number of rotatable bonds is 4. The smallest absolute Gasteiger partial charge is 0.131 e. The molecule has 0 radical (unpaired) electrons. The van der Waals surface area contributed by atoms with Gasteiger partial charge in [0.05, 0.1) is 17.8 Å². The normalized spacial score (nSPS) is 21.7. The zero-order valence-electron chi connectivity index (χ0n) is 9.53. The van der Waals surface area contributed by atoms with Gasteiger partial charge in [0.15, 0.2) is 0 Å². The number of halogens is 2. The van der Waals surface area contributed by atoms with Crippen LogP contribution in [0.5, 0.6) is 0 Å². The fraction of sp³-hybridized carbons (Fsp3) is 0.538. The van der Waals surface area contributed by atoms with Crippen molar-refractivity contribution in [2.45, 2.75) is 37.9 Å². The van der Waals surface area contributed by atoms with E-state index in [4.69, 9.17) is 4.74 Å². The third-order valence-electron chi connectivity index (χ3n) is 3.12. The van der Waals surface area contributed by atoms with Gasteiger partial charge in [-0.2, -0.15) is 0 Å². The van der Waals surface area contributed by atoms with Crippen LogP contribution in [0.15, 0.2) is 18.2 Å². The minimum atomic E-state index is -1.10. The van der Waals surface area contributed by atoms with Crippen molar-refractivity contribution in [1.29, 1.82) is 0 Å². The third kappa shape index (κ3) is 3.01. The van der Waals surface area contributed by atoms with Crippen molar-refractivity contribution in [3.63, 3.8) is 0 Å². The molecule has 2 unspecified atom stereocenters. The summed E-state index contributed by atoms with van der Waals surface area (Å²) < 4.78 is 32.1. The van der Waals surface area contributed by atoms with E-state index in [2.05, 4.69) is 0 Å². The van der Waals surface area contributed by atoms with Gasteiger partial charge in [0.1, 0.15) is 11.6 Å². The van der Waals surface area contributed by atoms with Gasteiger partial charge in [-0.15, -0.1) is 0 Å². The lowest BCUT2D eigenvalue weighted by molar-refractivity contribution is 0.0793. The van der Waals surface area contributed by atoms with Gasteiger partial charge in [0, 0.05) is 6.61 Å². The summed E-state index contributed by atoms with van der Waals surface area (Å²) in [6.45, 7) is 0.745. The summed E-state index contributed by atoms with van der Waals surface area (Å²) in [4.78, 5) is 0. The number of hydrogen-bond acceptors (Lipinski definition) is 2. The molecule has 0 spiro atoms. The van der Waals surface area contributed by atoms with E-state index in [0.29, 0.717) is 12.8 Å². The monoisotopic (exact) mass is 242 g/mol. The van der Waals surface area contributed by atoms with Gasteiger partial charge in [-0.25, -0.2) is 8.78 Å². The molecule has 1 aromatic carbocycles. The third-order valence-corrected chi connectivity index (χ3v) is 3.12. The summed E-state index contributed by atoms with van der Waals surface area (Å²) in [5.41, 5.74) is -0.231. The first-order valence-corrected chi connectivity index (χ1v) is 5.92. The first-order valence-electron chi connectivity index (χ1n) is 5.92. The molecule has 2 nitrogen and oxygen atoms in total. The molecule has 4 heteroatoms. The van der Waals surface area contributed by atoms with Crippen molar-refractivity contribution in [1.82, 2.24) is 0 Å². The zero-order valence-corrected chi connectivity index (χ0v) is 9.53. The van der Waals surface area contributed by atoms with Gasteiger partial charge in [-0.1, -0.05) is 6.07 Å². The maximum atomic E-state index is 13.4. The number of ether oxygens (including phenoxy) is 1. The average molecular weight is 242 g/mol. The molecular weight excluding hydrogens is 226 g/mol. The van der Waals surface area contributed by atoms with Gasteiger partial charge in [-0.3, -0.25) is 0 Å². The number of aliphatic hydroxyl groups excluding tert-OH is 1. The van der Waals surface area contributed by atoms with Crippen molar-refractivity contribution < 1.29 is 18.6 Å². The Bertz CT molecular complexity index is 355. The van der Waals surface area contributed by atoms with Crippen LogP contribution >= 0.6 is 0 Å². The molecule has 1 heterocycles. The molecule has 0 saturated carbocycles. The van der Waals surface area contributed by atoms with Crippen LogP contribution in [0, 0.1) is 11.6 Å². The fourth-order valence-corrected chi connectivity index (χ4v) is 2.19. The Balaban J connectivity index is 1.96. The van der Waals surface area contributed by atoms with Crippen LogP contribution in [0.2, 0.25) is 0 Å². The van der Waals surface area contributed by atoms with Crippen molar-refractivity contribution in [3.05, 3.63) is 35.4 Å². The number of hydrogen-bond donors (Lipinski definition) is 1. The van der Waals surface area contributed by atoms with Crippen LogP contribution in [0.25, 0.3) is 0 Å². The lowest BCUT2D eigenvalue weighted by Gasteiger charge is -2.15. The van der Waals surface area contributed by atoms with E-state index in [-0.39, 0.29) is 11.7 Å². The van der Waals surface area contributed by atoms with Crippen molar-refractivity contribution >= 4 is 0 Å². The van der Waals surface area contributed by atoms with Crippen LogP contribution in [-0.2, 0) is 4.74 Å². The van der Waals surface area contributed by atoms with Gasteiger partial charge < -0.3 is 9.84 Å². The Labute approximate surface area is 99.2 Å². The highest BCUT2D eigenvalue weighted by molar-refractivity contribution is 5.21. The van der Waals surface area contributed by atoms with E-state index in [1.54, 1.807) is 0 Å². The summed E-state index contributed by atoms with van der Waals surface area (Å²) in [7, 11) is 0. The predicted octanol–water partition coefficient (Wildman–Crippen LogP) is 2.96. The summed E-state index contributed by atoms with van der Waals surface area (Å²) in [5, 5.41) is 9.81. The standard InChI is InChI=1S/C13H16F2O2/c14-10-4-1-5-11(15)13(10)12(16)7-6-9-3-2-8-17-9/h1,4-5,9,12,16H,2-3,6-8H2. The van der Waals surface area contributed by atoms with Gasteiger partial charge >= 0.3 is 0 Å². The molecule has 0 amide bonds. The second-order valence-electron chi connectivity index (χ2n) is 4.36. The van der Waals surface area contributed by atoms with Crippen LogP contribution in [0.3, 0.4) is 0 Å². The minimum absolute atomic E-state index is 0.125. The molecule has 0 bridgehead atoms. The van der Waals surface area contributed by atoms with Crippen molar-refractivity contribution in [2.24, 2.45) is 0 Å². The SMILES string of the molecule is OC(CCC1CCCO1)c1c(F)cccc1F. The Kier molecular flexibility index (Phi) is 4.07. The maximum Gasteiger partial charge on any atom is 0.131 e. The molecule has 17 heavy (non-hydrogen) atoms. The number of aliphatic hydroxyl groups is 1. The van der Waals surface area contributed by atoms with Gasteiger partial charge in [0.25, 0.3) is 0 Å². The molecule has 94 valence electrons. The summed E-state index contributed by atoms with van der Waals surface area (Å²) in [6.07, 6.45) is 1.97. The first kappa shape index (κ1) is 12.5. The number of benzene rings is 1. The fourth-order valence-electron chi connectivity index (χ4n) is 2.19. The van der Waals surface area contributed by atoms with Crippen molar-refractivity contribution in [2.75, 3.05) is 6.61 Å². The highest BCUT2D eigenvalue weighted by Crippen LogP contribution is 2.27. The summed E-state index contributed by atoms with van der Waals surface area (Å²) in [5.74, 6) is -1.38. The molecule has 2 rings (SSSR count). The quantitative estimate of drug-likeness (QED) is 0.879. The maximum absolute atomic E-state index is 13.4. The first-order chi connectivity index (χ1) is 8.18. The topological polar surface area (TPSA) is 29.5 Å². The van der Waals surface area contributed by atoms with Gasteiger partial charge in [-0.05, 0) is 37.8 Å². The zero-order chi connectivity index (χ0) is 12.3. The molecule has 1 aromatic rings. The Hall–Kier alpha value is -1.00. The van der Waals surface area contributed by atoms with Crippen LogP contribution < -0.4 is 0 Å². The van der Waals surface area contributed by atoms with Gasteiger partial charge in [0.2, 0.25) is 0 Å². The van der Waals surface area contributed by atoms with E-state index >= 15 is 0 Å². The molecule has 1 aliphatic heterocycles. The molecule has 1 fully saturated rings. The molecule has 1 aliphatic rings. The van der Waals surface area contributed by atoms with E-state index < -0.39 is 17.7 Å². The largest absolute Gasteiger partial charge is 0.388 e. The second kappa shape index (κ2) is 5.56. The highest BCUT2D eigenvalue weighted by atomic mass is 19.1. The second-order valence-corrected chi connectivity index (χ2v) is 4.36. The lowest BCUT2D eigenvalue weighted by atomic mass is 10.0. The molecular formula is C13H16F2O2. The van der Waals surface area contributed by atoms with Crippen LogP contribution in [-0.4, -0.2) is 17.8 Å². The highest BCUT2D eigenvalue weighted by Gasteiger charge is 2.21. The van der Waals surface area contributed by atoms with Crippen molar-refractivity contribution in [3.8, 4) is 0 Å². The minimum Gasteiger partial charge on any atom is -0.388 e. The van der Waals surface area contributed by atoms with E-state index in [9.17, 15) is 13.9 Å². The summed E-state index contributed by atoms with van der Waals surface area (Å²) in [6, 6.07) is 3.61. The van der Waals surface area contributed by atoms with Crippen LogP contribution in [0.4, 0.5) is 8.78 Å². The lowest BCUT2D eigenvalue weighted by Crippen LogP contribution is -2.10. The predicted molar refractivity (Wildman–Crippen MR) is 59.5 cm³/mol. The Morgan fingerprint density at radius 3 is 2.65 bits per heavy atom. The molecule has 0 aliphatic carbocycles. The van der Waals surface area contributed by atoms with Crippen LogP contribution in [0.1, 0.15) is 37.4 Å². The average Bonchev–Trinajstić information content (AvgIpc) is 2.79. The van der Waals surface area contributed by atoms with E-state index in [1.807, 2.05) is 0 Å². The molecule has 2 atom stereocenters. The Morgan fingerprint density at radius 1 is 1.35 bits per heavy atom. The molecule has 1 N–H and O–H groups in total. The van der Waals surface area contributed by atoms with E-state index in [0.717, 1.165) is 31.6 Å². The molecule has 0 aromatic heterocycles. The molecule has 1 saturated heterocycles.